The third kappa shape index (κ3) is 11.6. The third-order valence-corrected chi connectivity index (χ3v) is 1.21. The summed E-state index contributed by atoms with van der Waals surface area (Å²) in [6.07, 6.45) is 0. The molecule has 0 rings (SSSR count). The Morgan fingerprint density at radius 3 is 1.11 bits per heavy atom. The number of aliphatic hydroxyl groups is 1. The summed E-state index contributed by atoms with van der Waals surface area (Å²) in [7, 11) is 2.09. The third-order valence-electron chi connectivity index (χ3n) is 1.21. The van der Waals surface area contributed by atoms with Crippen LogP contribution in [0, 0.1) is 0 Å². The number of carboxylic acids is 3. The van der Waals surface area contributed by atoms with Crippen molar-refractivity contribution in [3.8, 4) is 0 Å². The second kappa shape index (κ2) is 11.8. The molecule has 0 heterocycles. The molecule has 108 valence electrons. The van der Waals surface area contributed by atoms with Gasteiger partial charge in [0.25, 0.3) is 0 Å². The number of aliphatic hydroxyl groups excluding tert-OH is 1. The number of methoxy groups -OCH3 is 1. The second-order valence-corrected chi connectivity index (χ2v) is 2.36. The van der Waals surface area contributed by atoms with Crippen LogP contribution in [0.1, 0.15) is 0 Å². The first-order valence-electron chi connectivity index (χ1n) is 4.25. The highest BCUT2D eigenvalue weighted by Crippen LogP contribution is 1.91. The molecule has 0 amide bonds. The first kappa shape index (κ1) is 21.6. The molecule has 0 radical (unpaired) electrons. The van der Waals surface area contributed by atoms with E-state index in [1.54, 1.807) is 0 Å². The van der Waals surface area contributed by atoms with Gasteiger partial charge in [-0.05, 0) is 0 Å². The predicted molar refractivity (Wildman–Crippen MR) is 61.3 cm³/mol. The van der Waals surface area contributed by atoms with Gasteiger partial charge in [0.15, 0.2) is 0 Å². The number of hydrogen-bond acceptors (Lipinski definition) is 6. The minimum absolute atomic E-state index is 0.558. The average Bonchev–Trinajstić information content (AvgIpc) is 2.38. The lowest BCUT2D eigenvalue weighted by Gasteiger charge is -1.94. The van der Waals surface area contributed by atoms with E-state index in [-0.39, 0.29) is 0 Å². The Labute approximate surface area is 108 Å². The minimum atomic E-state index is -1.50. The van der Waals surface area contributed by atoms with Crippen molar-refractivity contribution in [2.75, 3.05) is 14.2 Å². The van der Waals surface area contributed by atoms with Crippen LogP contribution < -0.4 is 0 Å². The average molecular weight is 278 g/mol. The molecule has 0 fully saturated rings. The monoisotopic (exact) mass is 278 g/mol. The summed E-state index contributed by atoms with van der Waals surface area (Å²) in [4.78, 5) is 39.5. The maximum absolute atomic E-state index is 10.3. The number of rotatable bonds is 4. The van der Waals surface area contributed by atoms with Crippen LogP contribution in [0.2, 0.25) is 0 Å². The summed E-state index contributed by atoms with van der Waals surface area (Å²) in [5.41, 5.74) is -1.37. The molecule has 0 bridgehead atoms. The zero-order valence-electron chi connectivity index (χ0n) is 10.2. The Morgan fingerprint density at radius 2 is 1.05 bits per heavy atom. The van der Waals surface area contributed by atoms with Crippen LogP contribution in [0.4, 0.5) is 0 Å². The van der Waals surface area contributed by atoms with Crippen molar-refractivity contribution in [1.29, 1.82) is 0 Å². The SMILES string of the molecule is C=C(C(=O)O)C(=O)O.C=C(C(=O)O)C(=O)OC.CO. The number of ether oxygens (including phenoxy) is 1. The molecule has 0 aromatic heterocycles. The van der Waals surface area contributed by atoms with Crippen molar-refractivity contribution >= 4 is 23.9 Å². The van der Waals surface area contributed by atoms with Crippen molar-refractivity contribution in [2.45, 2.75) is 0 Å². The highest BCUT2D eigenvalue weighted by molar-refractivity contribution is 6.12. The van der Waals surface area contributed by atoms with Crippen molar-refractivity contribution in [3.05, 3.63) is 24.3 Å². The van der Waals surface area contributed by atoms with Gasteiger partial charge in [-0.25, -0.2) is 19.2 Å². The zero-order chi connectivity index (χ0) is 16.2. The van der Waals surface area contributed by atoms with Gasteiger partial charge in [-0.15, -0.1) is 0 Å². The van der Waals surface area contributed by atoms with E-state index in [9.17, 15) is 19.2 Å². The van der Waals surface area contributed by atoms with Crippen LogP contribution in [0.5, 0.6) is 0 Å². The van der Waals surface area contributed by atoms with E-state index in [0.717, 1.165) is 14.2 Å². The summed E-state index contributed by atoms with van der Waals surface area (Å²) in [6, 6.07) is 0. The van der Waals surface area contributed by atoms with E-state index in [1.165, 1.54) is 0 Å². The van der Waals surface area contributed by atoms with Gasteiger partial charge in [0, 0.05) is 7.11 Å². The number of carbonyl (C=O) groups is 4. The molecule has 0 aliphatic heterocycles. The predicted octanol–water partition coefficient (Wildman–Crippen LogP) is -0.879. The van der Waals surface area contributed by atoms with Gasteiger partial charge < -0.3 is 25.2 Å². The molecule has 0 saturated heterocycles. The molecule has 9 heteroatoms. The van der Waals surface area contributed by atoms with Gasteiger partial charge in [0.2, 0.25) is 0 Å². The quantitative estimate of drug-likeness (QED) is 0.221. The molecule has 0 atom stereocenters. The maximum Gasteiger partial charge on any atom is 0.344 e. The summed E-state index contributed by atoms with van der Waals surface area (Å²) in [5, 5.41) is 30.8. The van der Waals surface area contributed by atoms with E-state index in [1.807, 2.05) is 0 Å². The summed E-state index contributed by atoms with van der Waals surface area (Å²) < 4.78 is 4.05. The van der Waals surface area contributed by atoms with Crippen LogP contribution >= 0.6 is 0 Å². The Hall–Kier alpha value is -2.68. The van der Waals surface area contributed by atoms with Crippen LogP contribution in [-0.4, -0.2) is 58.5 Å². The van der Waals surface area contributed by atoms with Crippen LogP contribution in [0.3, 0.4) is 0 Å². The second-order valence-electron chi connectivity index (χ2n) is 2.36. The molecular formula is C10H14O9. The van der Waals surface area contributed by atoms with Gasteiger partial charge in [0.05, 0.1) is 7.11 Å². The van der Waals surface area contributed by atoms with E-state index < -0.39 is 35.0 Å². The summed E-state index contributed by atoms with van der Waals surface area (Å²) >= 11 is 0. The standard InChI is InChI=1S/C5H6O4.C4H4O4.CH4O/c1-3(4(6)7)5(8)9-2;1-2(3(5)6)4(7)8;1-2/h1H2,2H3,(H,6,7);1H2,(H,5,6)(H,7,8);2H,1H3. The minimum Gasteiger partial charge on any atom is -0.477 e. The molecule has 0 saturated carbocycles. The molecule has 0 aromatic carbocycles. The molecule has 19 heavy (non-hydrogen) atoms. The van der Waals surface area contributed by atoms with Gasteiger partial charge in [0.1, 0.15) is 11.1 Å². The van der Waals surface area contributed by atoms with Gasteiger partial charge in [-0.3, -0.25) is 0 Å². The molecular weight excluding hydrogens is 264 g/mol. The smallest absolute Gasteiger partial charge is 0.344 e. The number of hydrogen-bond donors (Lipinski definition) is 4. The van der Waals surface area contributed by atoms with Crippen LogP contribution in [-0.2, 0) is 23.9 Å². The topological polar surface area (TPSA) is 158 Å². The number of esters is 1. The number of carboxylic acid groups (broad SMARTS) is 3. The molecule has 0 aliphatic rings. The fraction of sp³-hybridized carbons (Fsp3) is 0.200. The first-order valence-corrected chi connectivity index (χ1v) is 4.25. The Kier molecular flexibility index (Phi) is 13.4. The van der Waals surface area contributed by atoms with Gasteiger partial charge in [-0.2, -0.15) is 0 Å². The van der Waals surface area contributed by atoms with E-state index in [4.69, 9.17) is 20.4 Å². The Bertz CT molecular complexity index is 364. The van der Waals surface area contributed by atoms with Crippen molar-refractivity contribution in [2.24, 2.45) is 0 Å². The van der Waals surface area contributed by atoms with Gasteiger partial charge in [-0.1, -0.05) is 13.2 Å². The summed E-state index contributed by atoms with van der Waals surface area (Å²) in [6.45, 7) is 5.71. The Balaban J connectivity index is -0.000000239. The van der Waals surface area contributed by atoms with Crippen LogP contribution in [0.25, 0.3) is 0 Å². The van der Waals surface area contributed by atoms with Crippen molar-refractivity contribution in [3.63, 3.8) is 0 Å². The molecule has 9 nitrogen and oxygen atoms in total. The maximum atomic E-state index is 10.3. The van der Waals surface area contributed by atoms with Gasteiger partial charge >= 0.3 is 23.9 Å². The molecule has 0 unspecified atom stereocenters. The number of aliphatic carboxylic acids is 3. The van der Waals surface area contributed by atoms with Crippen LogP contribution in [0.15, 0.2) is 24.3 Å². The highest BCUT2D eigenvalue weighted by Gasteiger charge is 2.13. The van der Waals surface area contributed by atoms with E-state index in [2.05, 4.69) is 17.9 Å². The highest BCUT2D eigenvalue weighted by atomic mass is 16.5. The normalized spacial score (nSPS) is 7.53. The molecule has 0 aromatic rings. The largest absolute Gasteiger partial charge is 0.477 e. The van der Waals surface area contributed by atoms with E-state index in [0.29, 0.717) is 0 Å². The van der Waals surface area contributed by atoms with E-state index >= 15 is 0 Å². The zero-order valence-corrected chi connectivity index (χ0v) is 10.2. The first-order chi connectivity index (χ1) is 8.64. The fourth-order valence-electron chi connectivity index (χ4n) is 0.302. The number of carbonyl (C=O) groups excluding carboxylic acids is 1. The van der Waals surface area contributed by atoms with Crippen molar-refractivity contribution < 1.29 is 44.3 Å². The molecule has 4 N–H and O–H groups in total. The molecule has 0 spiro atoms. The lowest BCUT2D eigenvalue weighted by atomic mass is 10.3. The fourth-order valence-corrected chi connectivity index (χ4v) is 0.302. The summed E-state index contributed by atoms with van der Waals surface area (Å²) in [5.74, 6) is -5.28. The molecule has 0 aliphatic carbocycles. The lowest BCUT2D eigenvalue weighted by Crippen LogP contribution is -2.11. The lowest BCUT2D eigenvalue weighted by molar-refractivity contribution is -0.143. The Morgan fingerprint density at radius 1 is 0.789 bits per heavy atom. The van der Waals surface area contributed by atoms with Crippen molar-refractivity contribution in [1.82, 2.24) is 0 Å².